The Hall–Kier alpha value is -3.37. The molecule has 1 N–H and O–H groups in total. The number of sulfonamides is 1. The minimum absolute atomic E-state index is 0.0333. The Morgan fingerprint density at radius 1 is 1.00 bits per heavy atom. The van der Waals surface area contributed by atoms with Crippen molar-refractivity contribution in [3.8, 4) is 5.75 Å². The molecule has 2 amide bonds. The summed E-state index contributed by atoms with van der Waals surface area (Å²) in [4.78, 5) is 29.1. The summed E-state index contributed by atoms with van der Waals surface area (Å²) in [5.41, 5.74) is 2.13. The van der Waals surface area contributed by atoms with E-state index in [1.165, 1.54) is 17.0 Å². The Labute approximate surface area is 263 Å². The van der Waals surface area contributed by atoms with Crippen molar-refractivity contribution in [2.75, 3.05) is 17.5 Å². The molecule has 0 unspecified atom stereocenters. The molecule has 0 bridgehead atoms. The number of carbonyl (C=O) groups excluding carboxylic acids is 2. The molecule has 1 atom stereocenters. The fraction of sp³-hybridized carbons (Fsp3) is 0.394. The molecule has 0 heterocycles. The topological polar surface area (TPSA) is 96.0 Å². The number of hydrogen-bond acceptors (Lipinski definition) is 5. The fourth-order valence-corrected chi connectivity index (χ4v) is 7.09. The molecular formula is C33H40BrN3O5S. The smallest absolute Gasteiger partial charge is 0.264 e. The lowest BCUT2D eigenvalue weighted by molar-refractivity contribution is -0.139. The predicted molar refractivity (Wildman–Crippen MR) is 172 cm³/mol. The van der Waals surface area contributed by atoms with Gasteiger partial charge in [0.15, 0.2) is 0 Å². The third kappa shape index (κ3) is 8.60. The van der Waals surface area contributed by atoms with Gasteiger partial charge in [-0.15, -0.1) is 0 Å². The first-order chi connectivity index (χ1) is 20.6. The number of hydrogen-bond donors (Lipinski definition) is 1. The molecule has 230 valence electrons. The number of halogens is 1. The quantitative estimate of drug-likeness (QED) is 0.247. The number of nitrogens with zero attached hydrogens (tertiary/aromatic N) is 2. The van der Waals surface area contributed by atoms with Crippen molar-refractivity contribution in [2.45, 2.75) is 76.4 Å². The van der Waals surface area contributed by atoms with Gasteiger partial charge in [0.05, 0.1) is 17.2 Å². The lowest BCUT2D eigenvalue weighted by atomic mass is 9.95. The van der Waals surface area contributed by atoms with Crippen LogP contribution in [0.2, 0.25) is 0 Å². The average molecular weight is 671 g/mol. The molecule has 3 aromatic rings. The Balaban J connectivity index is 1.67. The van der Waals surface area contributed by atoms with E-state index in [-0.39, 0.29) is 23.4 Å². The second-order valence-corrected chi connectivity index (χ2v) is 13.7. The number of rotatable bonds is 12. The van der Waals surface area contributed by atoms with Crippen LogP contribution in [0.15, 0.2) is 82.2 Å². The van der Waals surface area contributed by atoms with Crippen molar-refractivity contribution in [3.05, 3.63) is 88.4 Å². The summed E-state index contributed by atoms with van der Waals surface area (Å²) >= 11 is 3.49. The van der Waals surface area contributed by atoms with E-state index in [4.69, 9.17) is 4.74 Å². The lowest BCUT2D eigenvalue weighted by Gasteiger charge is -2.33. The third-order valence-electron chi connectivity index (χ3n) is 7.68. The fourth-order valence-electron chi connectivity index (χ4n) is 5.22. The number of aryl methyl sites for hydroxylation is 1. The van der Waals surface area contributed by atoms with E-state index < -0.39 is 28.5 Å². The van der Waals surface area contributed by atoms with Gasteiger partial charge in [-0.3, -0.25) is 13.9 Å². The van der Waals surface area contributed by atoms with E-state index in [9.17, 15) is 18.0 Å². The van der Waals surface area contributed by atoms with Crippen LogP contribution in [0.3, 0.4) is 0 Å². The molecule has 0 aliphatic heterocycles. The first kappa shape index (κ1) is 32.5. The second-order valence-electron chi connectivity index (χ2n) is 10.9. The van der Waals surface area contributed by atoms with Crippen molar-refractivity contribution >= 4 is 43.5 Å². The highest BCUT2D eigenvalue weighted by Crippen LogP contribution is 2.27. The summed E-state index contributed by atoms with van der Waals surface area (Å²) in [7, 11) is -4.15. The van der Waals surface area contributed by atoms with Crippen LogP contribution < -0.4 is 14.4 Å². The number of anilines is 1. The summed E-state index contributed by atoms with van der Waals surface area (Å²) in [6.07, 6.45) is 5.12. The molecule has 4 rings (SSSR count). The van der Waals surface area contributed by atoms with Crippen LogP contribution in [0.5, 0.6) is 5.75 Å². The molecule has 1 saturated carbocycles. The van der Waals surface area contributed by atoms with Gasteiger partial charge in [0.25, 0.3) is 10.0 Å². The van der Waals surface area contributed by atoms with Gasteiger partial charge in [-0.2, -0.15) is 0 Å². The summed E-state index contributed by atoms with van der Waals surface area (Å²) in [6.45, 7) is 5.58. The van der Waals surface area contributed by atoms with Gasteiger partial charge in [0.1, 0.15) is 18.3 Å². The molecule has 1 aliphatic rings. The minimum atomic E-state index is -4.15. The number of benzene rings is 3. The summed E-state index contributed by atoms with van der Waals surface area (Å²) in [5, 5.41) is 3.13. The van der Waals surface area contributed by atoms with Crippen LogP contribution in [-0.2, 0) is 26.2 Å². The number of carbonyl (C=O) groups is 2. The maximum atomic E-state index is 14.1. The van der Waals surface area contributed by atoms with E-state index in [0.29, 0.717) is 18.0 Å². The molecule has 0 aromatic heterocycles. The standard InChI is InChI=1S/C33H40BrN3O5S/c1-4-42-30-17-19-31(20-18-30)43(40,41)37(29-15-13-24(2)14-16-29)23-32(38)36(22-26-9-8-10-27(34)21-26)25(3)33(39)35-28-11-6-5-7-12-28/h8-10,13-21,25,28H,4-7,11-12,22-23H2,1-3H3,(H,35,39)/t25-/m1/s1. The van der Waals surface area contributed by atoms with Crippen LogP contribution in [0.25, 0.3) is 0 Å². The van der Waals surface area contributed by atoms with Crippen molar-refractivity contribution < 1.29 is 22.7 Å². The minimum Gasteiger partial charge on any atom is -0.494 e. The summed E-state index contributed by atoms with van der Waals surface area (Å²) in [6, 6.07) is 19.9. The van der Waals surface area contributed by atoms with Gasteiger partial charge in [0, 0.05) is 17.1 Å². The molecule has 0 saturated heterocycles. The maximum absolute atomic E-state index is 14.1. The van der Waals surface area contributed by atoms with Gasteiger partial charge in [-0.25, -0.2) is 8.42 Å². The van der Waals surface area contributed by atoms with Crippen molar-refractivity contribution in [2.24, 2.45) is 0 Å². The normalized spacial score (nSPS) is 14.5. The zero-order valence-corrected chi connectivity index (χ0v) is 27.4. The Kier molecular flexibility index (Phi) is 11.3. The summed E-state index contributed by atoms with van der Waals surface area (Å²) < 4.78 is 35.5. The maximum Gasteiger partial charge on any atom is 0.264 e. The van der Waals surface area contributed by atoms with E-state index >= 15 is 0 Å². The first-order valence-electron chi connectivity index (χ1n) is 14.7. The summed E-state index contributed by atoms with van der Waals surface area (Å²) in [5.74, 6) is -0.176. The Morgan fingerprint density at radius 3 is 2.30 bits per heavy atom. The molecule has 8 nitrogen and oxygen atoms in total. The molecule has 3 aromatic carbocycles. The Bertz CT molecular complexity index is 1490. The Morgan fingerprint density at radius 2 is 1.67 bits per heavy atom. The molecule has 43 heavy (non-hydrogen) atoms. The molecule has 0 spiro atoms. The largest absolute Gasteiger partial charge is 0.494 e. The highest BCUT2D eigenvalue weighted by molar-refractivity contribution is 9.10. The van der Waals surface area contributed by atoms with Crippen LogP contribution in [-0.4, -0.2) is 50.4 Å². The second kappa shape index (κ2) is 14.9. The monoisotopic (exact) mass is 669 g/mol. The first-order valence-corrected chi connectivity index (χ1v) is 17.0. The molecule has 10 heteroatoms. The van der Waals surface area contributed by atoms with Gasteiger partial charge in [-0.05, 0) is 87.7 Å². The zero-order chi connectivity index (χ0) is 31.0. The molecule has 1 aliphatic carbocycles. The SMILES string of the molecule is CCOc1ccc(S(=O)(=O)N(CC(=O)N(Cc2cccc(Br)c2)[C@H](C)C(=O)NC2CCCCC2)c2ccc(C)cc2)cc1. The van der Waals surface area contributed by atoms with E-state index in [1.54, 1.807) is 43.3 Å². The van der Waals surface area contributed by atoms with Crippen LogP contribution in [0.1, 0.15) is 57.1 Å². The number of amides is 2. The van der Waals surface area contributed by atoms with E-state index in [2.05, 4.69) is 21.2 Å². The highest BCUT2D eigenvalue weighted by atomic mass is 79.9. The number of ether oxygens (including phenoxy) is 1. The van der Waals surface area contributed by atoms with Crippen molar-refractivity contribution in [3.63, 3.8) is 0 Å². The van der Waals surface area contributed by atoms with Crippen LogP contribution in [0, 0.1) is 6.92 Å². The van der Waals surface area contributed by atoms with E-state index in [0.717, 1.165) is 52.0 Å². The molecule has 1 fully saturated rings. The lowest BCUT2D eigenvalue weighted by Crippen LogP contribution is -2.53. The van der Waals surface area contributed by atoms with Gasteiger partial charge < -0.3 is 15.0 Å². The van der Waals surface area contributed by atoms with Gasteiger partial charge in [0.2, 0.25) is 11.8 Å². The predicted octanol–water partition coefficient (Wildman–Crippen LogP) is 6.22. The molecular weight excluding hydrogens is 630 g/mol. The van der Waals surface area contributed by atoms with Crippen molar-refractivity contribution in [1.29, 1.82) is 0 Å². The zero-order valence-electron chi connectivity index (χ0n) is 25.0. The van der Waals surface area contributed by atoms with Crippen LogP contribution >= 0.6 is 15.9 Å². The van der Waals surface area contributed by atoms with Crippen molar-refractivity contribution in [1.82, 2.24) is 10.2 Å². The van der Waals surface area contributed by atoms with Gasteiger partial charge in [-0.1, -0.05) is 65.0 Å². The highest BCUT2D eigenvalue weighted by Gasteiger charge is 2.33. The van der Waals surface area contributed by atoms with Gasteiger partial charge >= 0.3 is 0 Å². The molecule has 0 radical (unpaired) electrons. The average Bonchev–Trinajstić information content (AvgIpc) is 2.99. The third-order valence-corrected chi connectivity index (χ3v) is 9.97. The number of nitrogens with one attached hydrogen (secondary N) is 1. The van der Waals surface area contributed by atoms with E-state index in [1.807, 2.05) is 38.1 Å². The van der Waals surface area contributed by atoms with Crippen LogP contribution in [0.4, 0.5) is 5.69 Å².